The molecule has 0 amide bonds. The fourth-order valence-corrected chi connectivity index (χ4v) is 1.36. The van der Waals surface area contributed by atoms with Gasteiger partial charge in [0.05, 0.1) is 15.9 Å². The monoisotopic (exact) mass is 317 g/mol. The molecule has 0 radical (unpaired) electrons. The lowest BCUT2D eigenvalue weighted by molar-refractivity contribution is -0.395. The smallest absolute Gasteiger partial charge is 0.320 e. The molecule has 0 fully saturated rings. The fourth-order valence-electron chi connectivity index (χ4n) is 1.36. The third kappa shape index (κ3) is 6.70. The van der Waals surface area contributed by atoms with Crippen molar-refractivity contribution in [2.75, 3.05) is 0 Å². The average molecular weight is 317 g/mol. The number of halogens is 1. The number of nitrogens with zero attached hydrogens (tertiary/aromatic N) is 2. The second-order valence-corrected chi connectivity index (χ2v) is 4.72. The number of carboxylic acid groups (broad SMARTS) is 1. The number of benzene rings is 1. The summed E-state index contributed by atoms with van der Waals surface area (Å²) in [7, 11) is 0. The average Bonchev–Trinajstić information content (AvgIpc) is 2.38. The van der Waals surface area contributed by atoms with E-state index in [-0.39, 0.29) is 0 Å². The predicted octanol–water partition coefficient (Wildman–Crippen LogP) is 2.09. The van der Waals surface area contributed by atoms with Gasteiger partial charge in [0.2, 0.25) is 5.82 Å². The van der Waals surface area contributed by atoms with E-state index >= 15 is 0 Å². The van der Waals surface area contributed by atoms with E-state index in [9.17, 15) is 29.4 Å². The summed E-state index contributed by atoms with van der Waals surface area (Å²) in [6.07, 6.45) is 0.551. The largest absolute Gasteiger partial charge is 0.480 e. The van der Waals surface area contributed by atoms with Crippen molar-refractivity contribution in [3.8, 4) is 0 Å². The van der Waals surface area contributed by atoms with E-state index in [1.165, 1.54) is 0 Å². The number of carboxylic acids is 1. The normalized spacial score (nSPS) is 11.3. The van der Waals surface area contributed by atoms with Gasteiger partial charge in [-0.05, 0) is 18.4 Å². The Morgan fingerprint density at radius 3 is 2.18 bits per heavy atom. The van der Waals surface area contributed by atoms with Crippen LogP contribution in [0.2, 0.25) is 0 Å². The van der Waals surface area contributed by atoms with Gasteiger partial charge in [0.15, 0.2) is 0 Å². The first-order valence-corrected chi connectivity index (χ1v) is 6.13. The van der Waals surface area contributed by atoms with Gasteiger partial charge in [0.1, 0.15) is 6.04 Å². The van der Waals surface area contributed by atoms with Crippen molar-refractivity contribution in [1.82, 2.24) is 0 Å². The fraction of sp³-hybridized carbons (Fsp3) is 0.417. The molecule has 0 aromatic heterocycles. The lowest BCUT2D eigenvalue weighted by atomic mass is 10.1. The van der Waals surface area contributed by atoms with Gasteiger partial charge < -0.3 is 10.8 Å². The van der Waals surface area contributed by atoms with Crippen LogP contribution in [0.25, 0.3) is 0 Å². The summed E-state index contributed by atoms with van der Waals surface area (Å²) >= 11 is 0. The summed E-state index contributed by atoms with van der Waals surface area (Å²) in [5.74, 6) is -1.64. The Morgan fingerprint density at radius 1 is 1.32 bits per heavy atom. The number of hydrogen-bond donors (Lipinski definition) is 2. The van der Waals surface area contributed by atoms with Crippen LogP contribution in [-0.4, -0.2) is 27.0 Å². The first-order valence-electron chi connectivity index (χ1n) is 6.13. The summed E-state index contributed by atoms with van der Waals surface area (Å²) in [6.45, 7) is 3.89. The maximum absolute atomic E-state index is 12.6. The van der Waals surface area contributed by atoms with E-state index in [0.29, 0.717) is 24.5 Å². The summed E-state index contributed by atoms with van der Waals surface area (Å²) in [5.41, 5.74) is 3.82. The molecule has 0 aliphatic carbocycles. The highest BCUT2D eigenvalue weighted by molar-refractivity contribution is 5.72. The van der Waals surface area contributed by atoms with Gasteiger partial charge in [-0.15, -0.1) is 0 Å². The molecule has 0 bridgehead atoms. The van der Waals surface area contributed by atoms with Gasteiger partial charge in [-0.2, -0.15) is 4.39 Å². The molecule has 0 saturated carbocycles. The van der Waals surface area contributed by atoms with Gasteiger partial charge >= 0.3 is 11.7 Å². The van der Waals surface area contributed by atoms with Gasteiger partial charge in [-0.25, -0.2) is 0 Å². The van der Waals surface area contributed by atoms with Crippen molar-refractivity contribution < 1.29 is 24.1 Å². The molecule has 1 atom stereocenters. The minimum absolute atomic E-state index is 0.357. The van der Waals surface area contributed by atoms with E-state index in [1.807, 2.05) is 13.8 Å². The van der Waals surface area contributed by atoms with Crippen molar-refractivity contribution in [1.29, 1.82) is 0 Å². The number of hydrogen-bond acceptors (Lipinski definition) is 6. The third-order valence-corrected chi connectivity index (χ3v) is 2.38. The van der Waals surface area contributed by atoms with Crippen LogP contribution in [0.4, 0.5) is 15.8 Å². The minimum atomic E-state index is -1.09. The molecule has 0 aliphatic rings. The summed E-state index contributed by atoms with van der Waals surface area (Å²) in [4.78, 5) is 28.6. The molecule has 122 valence electrons. The van der Waals surface area contributed by atoms with E-state index in [4.69, 9.17) is 10.8 Å². The van der Waals surface area contributed by atoms with Gasteiger partial charge in [-0.1, -0.05) is 13.8 Å². The van der Waals surface area contributed by atoms with Crippen LogP contribution in [0, 0.1) is 32.0 Å². The number of non-ortho nitro benzene ring substituents is 1. The van der Waals surface area contributed by atoms with Crippen molar-refractivity contribution >= 4 is 17.3 Å². The van der Waals surface area contributed by atoms with Crippen LogP contribution < -0.4 is 5.73 Å². The molecule has 0 saturated heterocycles. The first-order chi connectivity index (χ1) is 10.1. The van der Waals surface area contributed by atoms with Crippen molar-refractivity contribution in [2.45, 2.75) is 26.3 Å². The molecular weight excluding hydrogens is 301 g/mol. The highest BCUT2D eigenvalue weighted by atomic mass is 19.1. The van der Waals surface area contributed by atoms with Crippen LogP contribution in [-0.2, 0) is 4.79 Å². The maximum Gasteiger partial charge on any atom is 0.320 e. The zero-order valence-corrected chi connectivity index (χ0v) is 11.9. The number of nitrogens with two attached hydrogens (primary N) is 1. The highest BCUT2D eigenvalue weighted by Crippen LogP contribution is 2.22. The topological polar surface area (TPSA) is 150 Å². The lowest BCUT2D eigenvalue weighted by Gasteiger charge is -2.07. The maximum atomic E-state index is 12.6. The predicted molar refractivity (Wildman–Crippen MR) is 74.8 cm³/mol. The van der Waals surface area contributed by atoms with E-state index in [1.54, 1.807) is 0 Å². The number of nitro benzene ring substituents is 2. The molecule has 22 heavy (non-hydrogen) atoms. The molecule has 0 aliphatic heterocycles. The molecular formula is C12H16FN3O6. The molecule has 3 N–H and O–H groups in total. The zero-order valence-electron chi connectivity index (χ0n) is 11.9. The van der Waals surface area contributed by atoms with E-state index < -0.39 is 39.0 Å². The second-order valence-electron chi connectivity index (χ2n) is 4.72. The van der Waals surface area contributed by atoms with Gasteiger partial charge in [0.25, 0.3) is 5.69 Å². The Bertz CT molecular complexity index is 564. The molecule has 10 heteroatoms. The van der Waals surface area contributed by atoms with Crippen molar-refractivity contribution in [3.05, 3.63) is 44.2 Å². The van der Waals surface area contributed by atoms with E-state index in [0.717, 1.165) is 6.07 Å². The standard InChI is InChI=1S/C6H3FN2O4.C6H13NO2/c7-5-2-1-4(8(10)11)3-6(5)9(12)13;1-4(2)3-5(7)6(8)9/h1-3H;4-5H,3,7H2,1-2H3,(H,8,9). The van der Waals surface area contributed by atoms with Crippen molar-refractivity contribution in [3.63, 3.8) is 0 Å². The lowest BCUT2D eigenvalue weighted by Crippen LogP contribution is -2.31. The SMILES string of the molecule is CC(C)CC(N)C(=O)O.O=[N+]([O-])c1ccc(F)c([N+](=O)[O-])c1. The highest BCUT2D eigenvalue weighted by Gasteiger charge is 2.18. The molecule has 1 aromatic rings. The Hall–Kier alpha value is -2.62. The summed E-state index contributed by atoms with van der Waals surface area (Å²) in [6, 6.07) is 1.44. The Balaban J connectivity index is 0.000000433. The Labute approximate surface area is 124 Å². The molecule has 9 nitrogen and oxygen atoms in total. The second kappa shape index (κ2) is 8.62. The van der Waals surface area contributed by atoms with E-state index in [2.05, 4.69) is 0 Å². The number of carbonyl (C=O) groups is 1. The number of nitro groups is 2. The Kier molecular flexibility index (Phi) is 7.59. The van der Waals surface area contributed by atoms with Crippen LogP contribution >= 0.6 is 0 Å². The zero-order chi connectivity index (χ0) is 17.4. The van der Waals surface area contributed by atoms with Gasteiger partial charge in [0, 0.05) is 6.07 Å². The van der Waals surface area contributed by atoms with Crippen LogP contribution in [0.1, 0.15) is 20.3 Å². The molecule has 0 heterocycles. The van der Waals surface area contributed by atoms with Crippen LogP contribution in [0.15, 0.2) is 18.2 Å². The summed E-state index contributed by atoms with van der Waals surface area (Å²) in [5, 5.41) is 28.6. The quantitative estimate of drug-likeness (QED) is 0.623. The number of rotatable bonds is 5. The third-order valence-electron chi connectivity index (χ3n) is 2.38. The number of aliphatic carboxylic acids is 1. The van der Waals surface area contributed by atoms with Gasteiger partial charge in [-0.3, -0.25) is 25.0 Å². The van der Waals surface area contributed by atoms with Crippen LogP contribution in [0.5, 0.6) is 0 Å². The molecule has 0 spiro atoms. The Morgan fingerprint density at radius 2 is 1.86 bits per heavy atom. The van der Waals surface area contributed by atoms with Crippen molar-refractivity contribution in [2.24, 2.45) is 11.7 Å². The molecule has 1 aromatic carbocycles. The summed E-state index contributed by atoms with van der Waals surface area (Å²) < 4.78 is 12.6. The van der Waals surface area contributed by atoms with Crippen LogP contribution in [0.3, 0.4) is 0 Å². The first kappa shape index (κ1) is 19.4. The molecule has 1 unspecified atom stereocenters. The molecule has 1 rings (SSSR count). The minimum Gasteiger partial charge on any atom is -0.480 e.